The molecule has 1 aromatic carbocycles. The standard InChI is InChI=1S/C15H20N4O3S/c1-12(20)18-6-3-7-19(9-8-18)23(21,22)13-4-5-15-14(10-13)16-11-17(15)2/h4-5,10-11H,3,6-9H2,1-2H3. The number of carbonyl (C=O) groups is 1. The van der Waals surface area contributed by atoms with Crippen molar-refractivity contribution in [1.29, 1.82) is 0 Å². The van der Waals surface area contributed by atoms with Crippen LogP contribution in [0.3, 0.4) is 0 Å². The maximum Gasteiger partial charge on any atom is 0.243 e. The lowest BCUT2D eigenvalue weighted by Gasteiger charge is -2.21. The molecule has 1 amide bonds. The number of fused-ring (bicyclic) bond motifs is 1. The highest BCUT2D eigenvalue weighted by Gasteiger charge is 2.27. The first kappa shape index (κ1) is 15.9. The Bertz CT molecular complexity index is 844. The number of sulfonamides is 1. The monoisotopic (exact) mass is 336 g/mol. The Morgan fingerprint density at radius 3 is 2.70 bits per heavy atom. The van der Waals surface area contributed by atoms with Gasteiger partial charge in [0.2, 0.25) is 15.9 Å². The number of hydrogen-bond acceptors (Lipinski definition) is 4. The Morgan fingerprint density at radius 2 is 1.96 bits per heavy atom. The van der Waals surface area contributed by atoms with Crippen LogP contribution >= 0.6 is 0 Å². The normalized spacial score (nSPS) is 17.4. The Kier molecular flexibility index (Phi) is 4.11. The molecule has 3 rings (SSSR count). The van der Waals surface area contributed by atoms with Crippen LogP contribution in [0.25, 0.3) is 11.0 Å². The molecule has 1 aliphatic rings. The van der Waals surface area contributed by atoms with E-state index in [2.05, 4.69) is 4.98 Å². The van der Waals surface area contributed by atoms with Gasteiger partial charge in [0.25, 0.3) is 0 Å². The molecule has 0 atom stereocenters. The van der Waals surface area contributed by atoms with E-state index in [1.165, 1.54) is 11.2 Å². The molecule has 0 bridgehead atoms. The van der Waals surface area contributed by atoms with Crippen LogP contribution in [-0.2, 0) is 21.9 Å². The predicted molar refractivity (Wildman–Crippen MR) is 86.3 cm³/mol. The highest BCUT2D eigenvalue weighted by Crippen LogP contribution is 2.22. The molecule has 124 valence electrons. The Labute approximate surface area is 135 Å². The molecule has 8 heteroatoms. The Hall–Kier alpha value is -1.93. The van der Waals surface area contributed by atoms with Crippen molar-refractivity contribution in [2.75, 3.05) is 26.2 Å². The topological polar surface area (TPSA) is 75.5 Å². The van der Waals surface area contributed by atoms with Crippen molar-refractivity contribution in [3.05, 3.63) is 24.5 Å². The van der Waals surface area contributed by atoms with Gasteiger partial charge in [0, 0.05) is 40.2 Å². The highest BCUT2D eigenvalue weighted by atomic mass is 32.2. The highest BCUT2D eigenvalue weighted by molar-refractivity contribution is 7.89. The van der Waals surface area contributed by atoms with E-state index in [-0.39, 0.29) is 10.8 Å². The van der Waals surface area contributed by atoms with Gasteiger partial charge in [-0.15, -0.1) is 0 Å². The van der Waals surface area contributed by atoms with Crippen molar-refractivity contribution < 1.29 is 13.2 Å². The summed E-state index contributed by atoms with van der Waals surface area (Å²) in [6.45, 7) is 3.29. The summed E-state index contributed by atoms with van der Waals surface area (Å²) in [7, 11) is -1.70. The van der Waals surface area contributed by atoms with Crippen LogP contribution in [0, 0.1) is 0 Å². The molecule has 0 N–H and O–H groups in total. The van der Waals surface area contributed by atoms with Crippen molar-refractivity contribution in [1.82, 2.24) is 18.8 Å². The number of hydrogen-bond donors (Lipinski definition) is 0. The molecular formula is C15H20N4O3S. The fourth-order valence-corrected chi connectivity index (χ4v) is 4.36. The molecule has 0 unspecified atom stereocenters. The number of benzene rings is 1. The average molecular weight is 336 g/mol. The molecule has 0 aliphatic carbocycles. The van der Waals surface area contributed by atoms with Crippen molar-refractivity contribution in [3.8, 4) is 0 Å². The summed E-state index contributed by atoms with van der Waals surface area (Å²) in [6, 6.07) is 5.00. The van der Waals surface area contributed by atoms with Gasteiger partial charge in [-0.1, -0.05) is 0 Å². The second kappa shape index (κ2) is 5.93. The van der Waals surface area contributed by atoms with Gasteiger partial charge in [-0.3, -0.25) is 4.79 Å². The lowest BCUT2D eigenvalue weighted by molar-refractivity contribution is -0.128. The van der Waals surface area contributed by atoms with Crippen molar-refractivity contribution in [2.45, 2.75) is 18.2 Å². The molecule has 2 heterocycles. The van der Waals surface area contributed by atoms with Crippen LogP contribution < -0.4 is 0 Å². The number of aryl methyl sites for hydroxylation is 1. The molecule has 1 aromatic heterocycles. The Morgan fingerprint density at radius 1 is 1.17 bits per heavy atom. The zero-order valence-corrected chi connectivity index (χ0v) is 14.1. The number of aromatic nitrogens is 2. The van der Waals surface area contributed by atoms with Gasteiger partial charge in [-0.25, -0.2) is 13.4 Å². The number of nitrogens with zero attached hydrogens (tertiary/aromatic N) is 4. The number of carbonyl (C=O) groups excluding carboxylic acids is 1. The molecule has 0 spiro atoms. The maximum absolute atomic E-state index is 12.9. The average Bonchev–Trinajstić information content (AvgIpc) is 2.74. The van der Waals surface area contributed by atoms with Crippen LogP contribution in [0.1, 0.15) is 13.3 Å². The fraction of sp³-hybridized carbons (Fsp3) is 0.467. The molecule has 0 radical (unpaired) electrons. The first-order valence-electron chi connectivity index (χ1n) is 7.56. The largest absolute Gasteiger partial charge is 0.342 e. The van der Waals surface area contributed by atoms with Crippen LogP contribution in [0.2, 0.25) is 0 Å². The molecule has 1 aliphatic heterocycles. The zero-order valence-electron chi connectivity index (χ0n) is 13.3. The van der Waals surface area contributed by atoms with E-state index in [0.717, 1.165) is 5.52 Å². The molecule has 0 saturated carbocycles. The van der Waals surface area contributed by atoms with E-state index < -0.39 is 10.0 Å². The predicted octanol–water partition coefficient (Wildman–Crippen LogP) is 0.816. The smallest absolute Gasteiger partial charge is 0.243 e. The van der Waals surface area contributed by atoms with E-state index >= 15 is 0 Å². The maximum atomic E-state index is 12.9. The molecule has 2 aromatic rings. The molecule has 1 fully saturated rings. The molecular weight excluding hydrogens is 316 g/mol. The number of amides is 1. The van der Waals surface area contributed by atoms with Gasteiger partial charge in [-0.05, 0) is 24.6 Å². The van der Waals surface area contributed by atoms with E-state index in [0.29, 0.717) is 38.1 Å². The van der Waals surface area contributed by atoms with Gasteiger partial charge in [0.05, 0.1) is 22.3 Å². The molecule has 23 heavy (non-hydrogen) atoms. The second-order valence-corrected chi connectivity index (χ2v) is 7.71. The number of imidazole rings is 1. The summed E-state index contributed by atoms with van der Waals surface area (Å²) in [5.74, 6) is -0.0147. The third kappa shape index (κ3) is 2.96. The van der Waals surface area contributed by atoms with E-state index in [9.17, 15) is 13.2 Å². The van der Waals surface area contributed by atoms with Crippen molar-refractivity contribution in [2.24, 2.45) is 7.05 Å². The first-order chi connectivity index (χ1) is 10.9. The second-order valence-electron chi connectivity index (χ2n) is 5.77. The summed E-state index contributed by atoms with van der Waals surface area (Å²) in [5, 5.41) is 0. The summed E-state index contributed by atoms with van der Waals surface area (Å²) in [5.41, 5.74) is 1.55. The summed E-state index contributed by atoms with van der Waals surface area (Å²) in [4.78, 5) is 17.6. The third-order valence-corrected chi connectivity index (χ3v) is 6.13. The summed E-state index contributed by atoms with van der Waals surface area (Å²) >= 11 is 0. The minimum Gasteiger partial charge on any atom is -0.342 e. The summed E-state index contributed by atoms with van der Waals surface area (Å²) in [6.07, 6.45) is 2.31. The van der Waals surface area contributed by atoms with E-state index in [1.807, 2.05) is 11.6 Å². The minimum absolute atomic E-state index is 0.0147. The van der Waals surface area contributed by atoms with Crippen LogP contribution in [0.4, 0.5) is 0 Å². The van der Waals surface area contributed by atoms with Crippen LogP contribution in [0.15, 0.2) is 29.4 Å². The van der Waals surface area contributed by atoms with Crippen molar-refractivity contribution >= 4 is 27.0 Å². The molecule has 1 saturated heterocycles. The molecule has 7 nitrogen and oxygen atoms in total. The number of rotatable bonds is 2. The van der Waals surface area contributed by atoms with Gasteiger partial charge < -0.3 is 9.47 Å². The Balaban J connectivity index is 1.88. The first-order valence-corrected chi connectivity index (χ1v) is 9.00. The zero-order chi connectivity index (χ0) is 16.6. The van der Waals surface area contributed by atoms with Gasteiger partial charge in [0.1, 0.15) is 0 Å². The lowest BCUT2D eigenvalue weighted by atomic mass is 10.3. The fourth-order valence-electron chi connectivity index (χ4n) is 2.87. The van der Waals surface area contributed by atoms with E-state index in [4.69, 9.17) is 0 Å². The van der Waals surface area contributed by atoms with Gasteiger partial charge in [0.15, 0.2) is 0 Å². The SMILES string of the molecule is CC(=O)N1CCCN(S(=O)(=O)c2ccc3c(c2)ncn3C)CC1. The van der Waals surface area contributed by atoms with Crippen LogP contribution in [0.5, 0.6) is 0 Å². The van der Waals surface area contributed by atoms with Gasteiger partial charge >= 0.3 is 0 Å². The van der Waals surface area contributed by atoms with Gasteiger partial charge in [-0.2, -0.15) is 4.31 Å². The van der Waals surface area contributed by atoms with Crippen molar-refractivity contribution in [3.63, 3.8) is 0 Å². The third-order valence-electron chi connectivity index (χ3n) is 4.23. The quantitative estimate of drug-likeness (QED) is 0.813. The van der Waals surface area contributed by atoms with E-state index in [1.54, 1.807) is 29.4 Å². The minimum atomic E-state index is -3.57. The lowest BCUT2D eigenvalue weighted by Crippen LogP contribution is -2.36. The van der Waals surface area contributed by atoms with Crippen LogP contribution in [-0.4, -0.2) is 59.3 Å². The summed E-state index contributed by atoms with van der Waals surface area (Å²) < 4.78 is 29.0.